The van der Waals surface area contributed by atoms with E-state index in [1.807, 2.05) is 0 Å². The molecule has 0 bridgehead atoms. The van der Waals surface area contributed by atoms with E-state index in [1.165, 1.54) is 12.1 Å². The Morgan fingerprint density at radius 3 is 2.52 bits per heavy atom. The van der Waals surface area contributed by atoms with Crippen LogP contribution in [0.15, 0.2) is 23.1 Å². The van der Waals surface area contributed by atoms with E-state index in [1.54, 1.807) is 11.0 Å². The first-order chi connectivity index (χ1) is 14.6. The molecule has 7 nitrogen and oxygen atoms in total. The predicted molar refractivity (Wildman–Crippen MR) is 111 cm³/mol. The van der Waals surface area contributed by atoms with Gasteiger partial charge in [-0.1, -0.05) is 11.6 Å². The highest BCUT2D eigenvalue weighted by atomic mass is 35.5. The second-order valence-corrected chi connectivity index (χ2v) is 11.1. The fourth-order valence-corrected chi connectivity index (χ4v) is 6.25. The van der Waals surface area contributed by atoms with Crippen LogP contribution in [-0.4, -0.2) is 56.7 Å². The van der Waals surface area contributed by atoms with Crippen LogP contribution in [0.2, 0.25) is 5.02 Å². The molecule has 0 aromatic heterocycles. The zero-order valence-corrected chi connectivity index (χ0v) is 18.3. The zero-order valence-electron chi connectivity index (χ0n) is 16.7. The maximum atomic E-state index is 13.4. The first-order valence-corrected chi connectivity index (χ1v) is 12.1. The third-order valence-corrected chi connectivity index (χ3v) is 8.89. The molecule has 11 heteroatoms. The molecule has 0 radical (unpaired) electrons. The highest BCUT2D eigenvalue weighted by Crippen LogP contribution is 2.36. The monoisotopic (exact) mass is 472 g/mol. The Hall–Kier alpha value is -1.96. The van der Waals surface area contributed by atoms with Crippen molar-refractivity contribution < 1.29 is 22.0 Å². The van der Waals surface area contributed by atoms with Gasteiger partial charge in [-0.25, -0.2) is 17.2 Å². The summed E-state index contributed by atoms with van der Waals surface area (Å²) in [5.41, 5.74) is -0.208. The van der Waals surface area contributed by atoms with E-state index in [0.717, 1.165) is 0 Å². The Morgan fingerprint density at radius 1 is 1.26 bits per heavy atom. The minimum Gasteiger partial charge on any atom is -0.371 e. The second kappa shape index (κ2) is 7.87. The lowest BCUT2D eigenvalue weighted by Gasteiger charge is -2.33. The third-order valence-electron chi connectivity index (χ3n) is 6.25. The molecule has 2 atom stereocenters. The Balaban J connectivity index is 1.44. The number of nitriles is 1. The lowest BCUT2D eigenvalue weighted by atomic mass is 10.1. The van der Waals surface area contributed by atoms with E-state index >= 15 is 0 Å². The minimum atomic E-state index is -3.81. The van der Waals surface area contributed by atoms with E-state index in [0.29, 0.717) is 18.5 Å². The van der Waals surface area contributed by atoms with E-state index in [9.17, 15) is 22.0 Å². The molecule has 2 heterocycles. The van der Waals surface area contributed by atoms with Crippen LogP contribution in [0.25, 0.3) is 0 Å². The van der Waals surface area contributed by atoms with Crippen LogP contribution in [0.3, 0.4) is 0 Å². The molecule has 2 aliphatic heterocycles. The number of piperidine rings is 1. The molecule has 168 valence electrons. The molecule has 4 rings (SSSR count). The van der Waals surface area contributed by atoms with Gasteiger partial charge in [0, 0.05) is 38.2 Å². The summed E-state index contributed by atoms with van der Waals surface area (Å²) < 4.78 is 53.0. The van der Waals surface area contributed by atoms with Crippen LogP contribution in [0.5, 0.6) is 0 Å². The lowest BCUT2D eigenvalue weighted by molar-refractivity contribution is -0.123. The molecule has 3 fully saturated rings. The fourth-order valence-electron chi connectivity index (χ4n) is 4.04. The number of hydrogen-bond acceptors (Lipinski definition) is 6. The Kier molecular flexibility index (Phi) is 5.65. The summed E-state index contributed by atoms with van der Waals surface area (Å²) >= 11 is 6.29. The van der Waals surface area contributed by atoms with Crippen LogP contribution in [0.4, 0.5) is 14.5 Å². The average Bonchev–Trinajstić information content (AvgIpc) is 3.29. The van der Waals surface area contributed by atoms with E-state index in [2.05, 4.69) is 16.7 Å². The molecule has 1 aromatic rings. The SMILES string of the molecule is N#CC1(NC(=O)C2CC(S(=O)(=O)c3ccc(N4CCC(F)(F)CC4)cc3Cl)CN2)CC1. The number of sulfone groups is 1. The summed E-state index contributed by atoms with van der Waals surface area (Å²) in [4.78, 5) is 14.1. The van der Waals surface area contributed by atoms with Crippen molar-refractivity contribution in [3.05, 3.63) is 23.2 Å². The van der Waals surface area contributed by atoms with Gasteiger partial charge in [0.2, 0.25) is 5.91 Å². The number of nitrogens with one attached hydrogen (secondary N) is 2. The molecule has 2 N–H and O–H groups in total. The number of benzene rings is 1. The van der Waals surface area contributed by atoms with Crippen molar-refractivity contribution in [2.24, 2.45) is 0 Å². The quantitative estimate of drug-likeness (QED) is 0.681. The largest absolute Gasteiger partial charge is 0.371 e. The Labute approximate surface area is 184 Å². The molecule has 0 spiro atoms. The predicted octanol–water partition coefficient (Wildman–Crippen LogP) is 2.25. The topological polar surface area (TPSA) is 102 Å². The van der Waals surface area contributed by atoms with Gasteiger partial charge < -0.3 is 15.5 Å². The van der Waals surface area contributed by atoms with Crippen molar-refractivity contribution in [1.82, 2.24) is 10.6 Å². The van der Waals surface area contributed by atoms with Gasteiger partial charge in [0.05, 0.1) is 27.3 Å². The summed E-state index contributed by atoms with van der Waals surface area (Å²) in [7, 11) is -3.81. The first kappa shape index (κ1) is 22.2. The van der Waals surface area contributed by atoms with Crippen LogP contribution < -0.4 is 15.5 Å². The smallest absolute Gasteiger partial charge is 0.251 e. The molecule has 1 saturated carbocycles. The molecule has 2 unspecified atom stereocenters. The van der Waals surface area contributed by atoms with Crippen molar-refractivity contribution in [1.29, 1.82) is 5.26 Å². The highest BCUT2D eigenvalue weighted by molar-refractivity contribution is 7.92. The maximum Gasteiger partial charge on any atom is 0.251 e. The standard InChI is InChI=1S/C20H23ClF2N4O3S/c21-15-9-13(27-7-5-20(22,23)6-8-27)1-2-17(15)31(29,30)14-10-16(25-11-14)18(28)26-19(12-24)3-4-19/h1-2,9,14,16,25H,3-8,10-11H2,(H,26,28). The lowest BCUT2D eigenvalue weighted by Crippen LogP contribution is -2.45. The van der Waals surface area contributed by atoms with Crippen LogP contribution in [0, 0.1) is 11.3 Å². The molecule has 31 heavy (non-hydrogen) atoms. The second-order valence-electron chi connectivity index (χ2n) is 8.50. The van der Waals surface area contributed by atoms with E-state index < -0.39 is 32.6 Å². The van der Waals surface area contributed by atoms with Gasteiger partial charge in [-0.2, -0.15) is 5.26 Å². The molecule has 1 aliphatic carbocycles. The molecule has 2 saturated heterocycles. The number of rotatable bonds is 5. The number of amides is 1. The number of carbonyl (C=O) groups is 1. The number of anilines is 1. The van der Waals surface area contributed by atoms with Gasteiger partial charge >= 0.3 is 0 Å². The van der Waals surface area contributed by atoms with Crippen molar-refractivity contribution in [3.63, 3.8) is 0 Å². The number of hydrogen-bond donors (Lipinski definition) is 2. The average molecular weight is 473 g/mol. The van der Waals surface area contributed by atoms with Crippen LogP contribution >= 0.6 is 11.6 Å². The molecule has 1 amide bonds. The first-order valence-electron chi connectivity index (χ1n) is 10.2. The molecular weight excluding hydrogens is 450 g/mol. The highest BCUT2D eigenvalue weighted by Gasteiger charge is 2.47. The molecule has 3 aliphatic rings. The van der Waals surface area contributed by atoms with E-state index in [-0.39, 0.29) is 54.7 Å². The summed E-state index contributed by atoms with van der Waals surface area (Å²) in [6.07, 6.45) is 0.763. The normalized spacial score (nSPS) is 26.8. The number of alkyl halides is 2. The van der Waals surface area contributed by atoms with Crippen molar-refractivity contribution in [2.45, 2.75) is 59.8 Å². The van der Waals surface area contributed by atoms with Crippen molar-refractivity contribution in [3.8, 4) is 6.07 Å². The van der Waals surface area contributed by atoms with Crippen molar-refractivity contribution >= 4 is 33.0 Å². The van der Waals surface area contributed by atoms with Gasteiger partial charge in [-0.05, 0) is 37.5 Å². The summed E-state index contributed by atoms with van der Waals surface area (Å²) in [6, 6.07) is 5.86. The summed E-state index contributed by atoms with van der Waals surface area (Å²) in [6.45, 7) is 0.436. The van der Waals surface area contributed by atoms with Crippen LogP contribution in [0.1, 0.15) is 32.1 Å². The molecule has 1 aromatic carbocycles. The minimum absolute atomic E-state index is 0.0316. The van der Waals surface area contributed by atoms with Crippen molar-refractivity contribution in [2.75, 3.05) is 24.5 Å². The van der Waals surface area contributed by atoms with Gasteiger partial charge in [0.1, 0.15) is 5.54 Å². The van der Waals surface area contributed by atoms with Gasteiger partial charge in [0.25, 0.3) is 5.92 Å². The third kappa shape index (κ3) is 4.49. The number of carbonyl (C=O) groups excluding carboxylic acids is 1. The Bertz CT molecular complexity index is 1030. The Morgan fingerprint density at radius 2 is 1.94 bits per heavy atom. The van der Waals surface area contributed by atoms with Crippen LogP contribution in [-0.2, 0) is 14.6 Å². The number of nitrogens with zero attached hydrogens (tertiary/aromatic N) is 2. The number of halogens is 3. The van der Waals surface area contributed by atoms with E-state index in [4.69, 9.17) is 16.9 Å². The molecular formula is C20H23ClF2N4O3S. The fraction of sp³-hybridized carbons (Fsp3) is 0.600. The maximum absolute atomic E-state index is 13.4. The summed E-state index contributed by atoms with van der Waals surface area (Å²) in [5.74, 6) is -3.05. The summed E-state index contributed by atoms with van der Waals surface area (Å²) in [5, 5.41) is 13.9. The zero-order chi connectivity index (χ0) is 22.4. The van der Waals surface area contributed by atoms with Gasteiger partial charge in [-0.3, -0.25) is 4.79 Å². The van der Waals surface area contributed by atoms with Gasteiger partial charge in [-0.15, -0.1) is 0 Å². The van der Waals surface area contributed by atoms with Gasteiger partial charge in [0.15, 0.2) is 9.84 Å².